The van der Waals surface area contributed by atoms with E-state index < -0.39 is 53.6 Å². The number of ether oxygens (including phenoxy) is 1. The number of hydrogen-bond donors (Lipinski definition) is 3. The molecule has 4 unspecified atom stereocenters. The minimum atomic E-state index is -2.17. The Labute approximate surface area is 206 Å². The standard InChI is InChI=1S/C25H25ClN2O7/c1-3-10-35-16-8-5-14(6-9-16)21-19-20(25(27-21,24(33)34)12-18(29)30)23(32)28(22(19)31)15-7-4-13(2)17(26)11-15/h4-9,11,19-21,27H,3,10,12H2,1-2H3,(H,29,30)(H,33,34). The monoisotopic (exact) mass is 500 g/mol. The number of nitrogens with zero attached hydrogens (tertiary/aromatic N) is 1. The minimum absolute atomic E-state index is 0.210. The van der Waals surface area contributed by atoms with Gasteiger partial charge in [0.15, 0.2) is 0 Å². The van der Waals surface area contributed by atoms with Gasteiger partial charge in [-0.25, -0.2) is 4.90 Å². The Morgan fingerprint density at radius 2 is 1.80 bits per heavy atom. The molecule has 184 valence electrons. The number of anilines is 1. The molecule has 0 aromatic heterocycles. The minimum Gasteiger partial charge on any atom is -0.494 e. The summed E-state index contributed by atoms with van der Waals surface area (Å²) in [6.07, 6.45) is -0.0549. The zero-order chi connectivity index (χ0) is 25.5. The molecule has 2 aliphatic rings. The van der Waals surface area contributed by atoms with E-state index in [1.807, 2.05) is 6.92 Å². The lowest BCUT2D eigenvalue weighted by Crippen LogP contribution is -2.57. The van der Waals surface area contributed by atoms with Crippen LogP contribution in [0.5, 0.6) is 5.75 Å². The topological polar surface area (TPSA) is 133 Å². The first kappa shape index (κ1) is 24.7. The Morgan fingerprint density at radius 1 is 1.11 bits per heavy atom. The number of rotatable bonds is 8. The predicted octanol–water partition coefficient (Wildman–Crippen LogP) is 3.19. The van der Waals surface area contributed by atoms with Gasteiger partial charge in [-0.1, -0.05) is 36.7 Å². The average Bonchev–Trinajstić information content (AvgIpc) is 3.28. The third-order valence-electron chi connectivity index (χ3n) is 6.59. The highest BCUT2D eigenvalue weighted by atomic mass is 35.5. The lowest BCUT2D eigenvalue weighted by atomic mass is 9.77. The summed E-state index contributed by atoms with van der Waals surface area (Å²) in [4.78, 5) is 52.4. The van der Waals surface area contributed by atoms with Crippen molar-refractivity contribution >= 4 is 41.0 Å². The molecule has 0 spiro atoms. The van der Waals surface area contributed by atoms with E-state index in [0.29, 0.717) is 22.9 Å². The van der Waals surface area contributed by atoms with E-state index in [1.54, 1.807) is 43.3 Å². The summed E-state index contributed by atoms with van der Waals surface area (Å²) in [7, 11) is 0. The molecule has 0 bridgehead atoms. The van der Waals surface area contributed by atoms with Crippen LogP contribution in [0.3, 0.4) is 0 Å². The highest BCUT2D eigenvalue weighted by Crippen LogP contribution is 2.51. The van der Waals surface area contributed by atoms with Gasteiger partial charge in [0, 0.05) is 11.1 Å². The maximum absolute atomic E-state index is 13.6. The molecule has 2 amide bonds. The van der Waals surface area contributed by atoms with Crippen LogP contribution >= 0.6 is 11.6 Å². The van der Waals surface area contributed by atoms with E-state index in [1.165, 1.54) is 6.07 Å². The summed E-state index contributed by atoms with van der Waals surface area (Å²) in [5, 5.41) is 22.9. The van der Waals surface area contributed by atoms with Crippen LogP contribution in [0.25, 0.3) is 0 Å². The van der Waals surface area contributed by atoms with Crippen LogP contribution in [-0.2, 0) is 19.2 Å². The number of nitrogens with one attached hydrogen (secondary N) is 1. The SMILES string of the molecule is CCCOc1ccc(C2NC(CC(=O)O)(C(=O)O)C3C(=O)N(c4ccc(C)c(Cl)c4)C(=O)C23)cc1. The number of carboxylic acid groups (broad SMARTS) is 2. The van der Waals surface area contributed by atoms with Gasteiger partial charge >= 0.3 is 11.9 Å². The van der Waals surface area contributed by atoms with Gasteiger partial charge in [0.2, 0.25) is 11.8 Å². The van der Waals surface area contributed by atoms with Gasteiger partial charge in [0.1, 0.15) is 11.3 Å². The van der Waals surface area contributed by atoms with Gasteiger partial charge < -0.3 is 14.9 Å². The van der Waals surface area contributed by atoms with Crippen molar-refractivity contribution in [2.24, 2.45) is 11.8 Å². The van der Waals surface area contributed by atoms with Crippen molar-refractivity contribution in [2.45, 2.75) is 38.3 Å². The molecule has 2 heterocycles. The number of benzene rings is 2. The van der Waals surface area contributed by atoms with Crippen LogP contribution in [0, 0.1) is 18.8 Å². The van der Waals surface area contributed by atoms with Crippen LogP contribution in [0.15, 0.2) is 42.5 Å². The lowest BCUT2D eigenvalue weighted by molar-refractivity contribution is -0.154. The van der Waals surface area contributed by atoms with Crippen LogP contribution in [0.2, 0.25) is 5.02 Å². The van der Waals surface area contributed by atoms with Crippen molar-refractivity contribution in [3.05, 3.63) is 58.6 Å². The number of imide groups is 1. The van der Waals surface area contributed by atoms with Crippen molar-refractivity contribution < 1.29 is 34.1 Å². The number of amides is 2. The number of hydrogen-bond acceptors (Lipinski definition) is 6. The molecule has 2 aromatic rings. The fraction of sp³-hybridized carbons (Fsp3) is 0.360. The number of halogens is 1. The number of carbonyl (C=O) groups excluding carboxylic acids is 2. The van der Waals surface area contributed by atoms with Crippen molar-refractivity contribution in [3.63, 3.8) is 0 Å². The van der Waals surface area contributed by atoms with E-state index >= 15 is 0 Å². The summed E-state index contributed by atoms with van der Waals surface area (Å²) in [6, 6.07) is 10.5. The molecule has 0 saturated carbocycles. The van der Waals surface area contributed by atoms with Gasteiger partial charge in [-0.2, -0.15) is 0 Å². The van der Waals surface area contributed by atoms with E-state index in [4.69, 9.17) is 16.3 Å². The normalized spacial score (nSPS) is 25.6. The molecule has 2 saturated heterocycles. The Kier molecular flexibility index (Phi) is 6.57. The molecule has 2 fully saturated rings. The first-order valence-corrected chi connectivity index (χ1v) is 11.6. The third-order valence-corrected chi connectivity index (χ3v) is 7.00. The first-order valence-electron chi connectivity index (χ1n) is 11.2. The van der Waals surface area contributed by atoms with Crippen LogP contribution in [-0.4, -0.2) is 46.1 Å². The first-order chi connectivity index (χ1) is 16.6. The maximum Gasteiger partial charge on any atom is 0.325 e. The summed E-state index contributed by atoms with van der Waals surface area (Å²) < 4.78 is 5.59. The van der Waals surface area contributed by atoms with Crippen LogP contribution in [0.1, 0.15) is 36.9 Å². The predicted molar refractivity (Wildman–Crippen MR) is 126 cm³/mol. The molecular formula is C25H25ClN2O7. The molecule has 0 radical (unpaired) electrons. The van der Waals surface area contributed by atoms with E-state index in [0.717, 1.165) is 16.9 Å². The highest BCUT2D eigenvalue weighted by Gasteiger charge is 2.69. The van der Waals surface area contributed by atoms with Crippen molar-refractivity contribution in [3.8, 4) is 5.75 Å². The Balaban J connectivity index is 1.80. The second-order valence-electron chi connectivity index (χ2n) is 8.84. The molecule has 2 aromatic carbocycles. The average molecular weight is 501 g/mol. The number of fused-ring (bicyclic) bond motifs is 1. The largest absolute Gasteiger partial charge is 0.494 e. The summed E-state index contributed by atoms with van der Waals surface area (Å²) in [5.74, 6) is -6.25. The van der Waals surface area contributed by atoms with Gasteiger partial charge in [0.05, 0.1) is 30.6 Å². The Hall–Kier alpha value is -3.43. The number of aryl methyl sites for hydroxylation is 1. The molecule has 10 heteroatoms. The van der Waals surface area contributed by atoms with E-state index in [9.17, 15) is 29.4 Å². The van der Waals surface area contributed by atoms with E-state index in [-0.39, 0.29) is 5.69 Å². The van der Waals surface area contributed by atoms with Gasteiger partial charge in [-0.15, -0.1) is 0 Å². The van der Waals surface area contributed by atoms with Crippen LogP contribution < -0.4 is 15.0 Å². The summed E-state index contributed by atoms with van der Waals surface area (Å²) in [5.41, 5.74) is -0.677. The van der Waals surface area contributed by atoms with Crippen LogP contribution in [0.4, 0.5) is 5.69 Å². The number of carbonyl (C=O) groups is 4. The zero-order valence-electron chi connectivity index (χ0n) is 19.2. The molecule has 35 heavy (non-hydrogen) atoms. The molecule has 0 aliphatic carbocycles. The molecule has 3 N–H and O–H groups in total. The van der Waals surface area contributed by atoms with Gasteiger partial charge in [0.25, 0.3) is 0 Å². The lowest BCUT2D eigenvalue weighted by Gasteiger charge is -2.29. The molecule has 9 nitrogen and oxygen atoms in total. The van der Waals surface area contributed by atoms with Crippen molar-refractivity contribution in [1.82, 2.24) is 5.32 Å². The maximum atomic E-state index is 13.6. The van der Waals surface area contributed by atoms with Crippen molar-refractivity contribution in [2.75, 3.05) is 11.5 Å². The quantitative estimate of drug-likeness (QED) is 0.471. The smallest absolute Gasteiger partial charge is 0.325 e. The third kappa shape index (κ3) is 4.15. The molecular weight excluding hydrogens is 476 g/mol. The summed E-state index contributed by atoms with van der Waals surface area (Å²) in [6.45, 7) is 4.26. The number of carboxylic acids is 2. The van der Waals surface area contributed by atoms with Gasteiger partial charge in [-0.3, -0.25) is 24.5 Å². The summed E-state index contributed by atoms with van der Waals surface area (Å²) >= 11 is 6.21. The molecule has 4 rings (SSSR count). The fourth-order valence-electron chi connectivity index (χ4n) is 4.93. The Morgan fingerprint density at radius 3 is 2.37 bits per heavy atom. The van der Waals surface area contributed by atoms with Gasteiger partial charge in [-0.05, 0) is 48.7 Å². The Bertz CT molecular complexity index is 1200. The zero-order valence-corrected chi connectivity index (χ0v) is 19.9. The van der Waals surface area contributed by atoms with Crippen molar-refractivity contribution in [1.29, 1.82) is 0 Å². The number of aliphatic carboxylic acids is 2. The second-order valence-corrected chi connectivity index (χ2v) is 9.24. The fourth-order valence-corrected chi connectivity index (χ4v) is 5.10. The molecule has 4 atom stereocenters. The van der Waals surface area contributed by atoms with E-state index in [2.05, 4.69) is 5.32 Å². The second kappa shape index (κ2) is 9.31. The highest BCUT2D eigenvalue weighted by molar-refractivity contribution is 6.32. The molecule has 2 aliphatic heterocycles.